The van der Waals surface area contributed by atoms with Gasteiger partial charge in [-0.25, -0.2) is 13.1 Å². The molecule has 4 rings (SSSR count). The molecule has 0 aliphatic carbocycles. The predicted molar refractivity (Wildman–Crippen MR) is 113 cm³/mol. The van der Waals surface area contributed by atoms with E-state index in [4.69, 9.17) is 4.74 Å². The van der Waals surface area contributed by atoms with E-state index in [1.54, 1.807) is 47.4 Å². The summed E-state index contributed by atoms with van der Waals surface area (Å²) in [6.07, 6.45) is 6.56. The minimum Gasteiger partial charge on any atom is -0.394 e. The van der Waals surface area contributed by atoms with Gasteiger partial charge in [-0.05, 0) is 43.5 Å². The fourth-order valence-corrected chi connectivity index (χ4v) is 5.00. The zero-order chi connectivity index (χ0) is 21.7. The Hall–Kier alpha value is -2.66. The number of ether oxygens (including phenoxy) is 1. The van der Waals surface area contributed by atoms with Crippen LogP contribution in [0.2, 0.25) is 0 Å². The molecule has 3 atom stereocenters. The summed E-state index contributed by atoms with van der Waals surface area (Å²) >= 11 is 0. The molecule has 0 amide bonds. The molecule has 0 spiro atoms. The Balaban J connectivity index is 1.32. The molecule has 0 unspecified atom stereocenters. The monoisotopic (exact) mass is 443 g/mol. The highest BCUT2D eigenvalue weighted by Gasteiger charge is 2.33. The van der Waals surface area contributed by atoms with Crippen LogP contribution in [0, 0.1) is 0 Å². The van der Waals surface area contributed by atoms with Gasteiger partial charge in [0.1, 0.15) is 5.69 Å². The molecule has 2 N–H and O–H groups in total. The molecule has 31 heavy (non-hydrogen) atoms. The first-order valence-corrected chi connectivity index (χ1v) is 11.7. The minimum atomic E-state index is -3.67. The lowest BCUT2D eigenvalue weighted by atomic mass is 9.98. The van der Waals surface area contributed by atoms with Gasteiger partial charge in [-0.3, -0.25) is 9.67 Å². The number of aliphatic hydroxyl groups is 1. The fraction of sp³-hybridized carbons (Fsp3) is 0.381. The highest BCUT2D eigenvalue weighted by Crippen LogP contribution is 2.24. The Labute approximate surface area is 181 Å². The van der Waals surface area contributed by atoms with Crippen LogP contribution in [0.4, 0.5) is 0 Å². The SMILES string of the molecule is O=S(=O)(N[C@@H]1CC[C@H](CCn2cc(-c3cccnc3)nn2)O[C@H]1CO)c1ccccc1. The van der Waals surface area contributed by atoms with Gasteiger partial charge in [-0.2, -0.15) is 0 Å². The van der Waals surface area contributed by atoms with Crippen LogP contribution in [-0.2, 0) is 21.3 Å². The number of hydrogen-bond acceptors (Lipinski definition) is 7. The number of nitrogens with one attached hydrogen (secondary N) is 1. The summed E-state index contributed by atoms with van der Waals surface area (Å²) in [4.78, 5) is 4.29. The average molecular weight is 444 g/mol. The number of hydrogen-bond donors (Lipinski definition) is 2. The molecule has 0 saturated carbocycles. The van der Waals surface area contributed by atoms with E-state index in [9.17, 15) is 13.5 Å². The predicted octanol–water partition coefficient (Wildman–Crippen LogP) is 1.62. The quantitative estimate of drug-likeness (QED) is 0.543. The topological polar surface area (TPSA) is 119 Å². The first kappa shape index (κ1) is 21.6. The average Bonchev–Trinajstić information content (AvgIpc) is 3.28. The van der Waals surface area contributed by atoms with Crippen molar-refractivity contribution in [3.05, 3.63) is 61.1 Å². The summed E-state index contributed by atoms with van der Waals surface area (Å²) in [6, 6.07) is 11.5. The molecule has 1 aliphatic heterocycles. The lowest BCUT2D eigenvalue weighted by molar-refractivity contribution is -0.0891. The zero-order valence-corrected chi connectivity index (χ0v) is 17.7. The third-order valence-electron chi connectivity index (χ3n) is 5.33. The summed E-state index contributed by atoms with van der Waals surface area (Å²) < 4.78 is 35.6. The molecule has 1 aromatic carbocycles. The van der Waals surface area contributed by atoms with Crippen molar-refractivity contribution in [1.82, 2.24) is 24.7 Å². The van der Waals surface area contributed by atoms with Crippen LogP contribution in [0.25, 0.3) is 11.3 Å². The summed E-state index contributed by atoms with van der Waals surface area (Å²) in [6.45, 7) is 0.351. The third kappa shape index (κ3) is 5.34. The summed E-state index contributed by atoms with van der Waals surface area (Å²) in [5.74, 6) is 0. The number of nitrogens with zero attached hydrogens (tertiary/aromatic N) is 4. The second-order valence-corrected chi connectivity index (χ2v) is 9.21. The van der Waals surface area contributed by atoms with E-state index >= 15 is 0 Å². The van der Waals surface area contributed by atoms with Gasteiger partial charge in [-0.1, -0.05) is 23.4 Å². The van der Waals surface area contributed by atoms with Gasteiger partial charge in [0, 0.05) is 24.5 Å². The largest absolute Gasteiger partial charge is 0.394 e. The molecule has 2 aromatic heterocycles. The van der Waals surface area contributed by atoms with E-state index in [1.165, 1.54) is 0 Å². The maximum atomic E-state index is 12.6. The molecule has 0 radical (unpaired) electrons. The molecule has 0 bridgehead atoms. The van der Waals surface area contributed by atoms with Gasteiger partial charge in [0.25, 0.3) is 0 Å². The maximum absolute atomic E-state index is 12.6. The molecule has 1 saturated heterocycles. The van der Waals surface area contributed by atoms with E-state index in [0.717, 1.165) is 11.3 Å². The van der Waals surface area contributed by atoms with Crippen molar-refractivity contribution < 1.29 is 18.3 Å². The van der Waals surface area contributed by atoms with Crippen molar-refractivity contribution in [2.24, 2.45) is 0 Å². The van der Waals surface area contributed by atoms with Crippen LogP contribution in [0.3, 0.4) is 0 Å². The smallest absolute Gasteiger partial charge is 0.240 e. The molecule has 3 aromatic rings. The zero-order valence-electron chi connectivity index (χ0n) is 16.9. The second kappa shape index (κ2) is 9.65. The van der Waals surface area contributed by atoms with Gasteiger partial charge in [0.15, 0.2) is 0 Å². The van der Waals surface area contributed by atoms with Crippen LogP contribution in [0.5, 0.6) is 0 Å². The van der Waals surface area contributed by atoms with E-state index in [-0.39, 0.29) is 17.6 Å². The van der Waals surface area contributed by atoms with Crippen LogP contribution in [-0.4, -0.2) is 58.4 Å². The van der Waals surface area contributed by atoms with Crippen LogP contribution >= 0.6 is 0 Å². The molecule has 9 nitrogen and oxygen atoms in total. The van der Waals surface area contributed by atoms with Crippen LogP contribution < -0.4 is 4.72 Å². The number of aliphatic hydroxyl groups excluding tert-OH is 1. The second-order valence-electron chi connectivity index (χ2n) is 7.49. The number of aromatic nitrogens is 4. The fourth-order valence-electron chi connectivity index (χ4n) is 3.68. The van der Waals surface area contributed by atoms with Crippen molar-refractivity contribution in [2.75, 3.05) is 6.61 Å². The van der Waals surface area contributed by atoms with E-state index in [1.807, 2.05) is 18.3 Å². The Bertz CT molecular complexity index is 1080. The van der Waals surface area contributed by atoms with E-state index in [2.05, 4.69) is 20.0 Å². The summed E-state index contributed by atoms with van der Waals surface area (Å²) in [5, 5.41) is 18.1. The van der Waals surface area contributed by atoms with Crippen molar-refractivity contribution in [1.29, 1.82) is 0 Å². The molecule has 164 valence electrons. The van der Waals surface area contributed by atoms with Gasteiger partial charge in [-0.15, -0.1) is 5.10 Å². The van der Waals surface area contributed by atoms with Crippen molar-refractivity contribution in [2.45, 2.75) is 49.0 Å². The Kier molecular flexibility index (Phi) is 6.71. The molecular weight excluding hydrogens is 418 g/mol. The van der Waals surface area contributed by atoms with Crippen molar-refractivity contribution >= 4 is 10.0 Å². The first-order valence-electron chi connectivity index (χ1n) is 10.2. The highest BCUT2D eigenvalue weighted by molar-refractivity contribution is 7.89. The lowest BCUT2D eigenvalue weighted by Gasteiger charge is -2.36. The summed E-state index contributed by atoms with van der Waals surface area (Å²) in [7, 11) is -3.67. The van der Waals surface area contributed by atoms with Gasteiger partial charge in [0.2, 0.25) is 10.0 Å². The Morgan fingerprint density at radius 2 is 2.00 bits per heavy atom. The normalized spacial score (nSPS) is 21.8. The number of aryl methyl sites for hydroxylation is 1. The molecule has 1 fully saturated rings. The number of rotatable bonds is 8. The Morgan fingerprint density at radius 1 is 1.16 bits per heavy atom. The van der Waals surface area contributed by atoms with Crippen LogP contribution in [0.15, 0.2) is 66.0 Å². The molecular formula is C21H25N5O4S. The van der Waals surface area contributed by atoms with Crippen molar-refractivity contribution in [3.63, 3.8) is 0 Å². The minimum absolute atomic E-state index is 0.0966. The number of sulfonamides is 1. The van der Waals surface area contributed by atoms with Crippen molar-refractivity contribution in [3.8, 4) is 11.3 Å². The van der Waals surface area contributed by atoms with Gasteiger partial charge in [0.05, 0.1) is 35.9 Å². The number of benzene rings is 1. The van der Waals surface area contributed by atoms with Gasteiger partial charge >= 0.3 is 0 Å². The molecule has 3 heterocycles. The van der Waals surface area contributed by atoms with Crippen LogP contribution in [0.1, 0.15) is 19.3 Å². The van der Waals surface area contributed by atoms with E-state index < -0.39 is 22.2 Å². The van der Waals surface area contributed by atoms with Gasteiger partial charge < -0.3 is 9.84 Å². The number of pyridine rings is 1. The summed E-state index contributed by atoms with van der Waals surface area (Å²) in [5.41, 5.74) is 1.65. The maximum Gasteiger partial charge on any atom is 0.240 e. The lowest BCUT2D eigenvalue weighted by Crippen LogP contribution is -2.50. The molecule has 10 heteroatoms. The molecule has 1 aliphatic rings. The highest BCUT2D eigenvalue weighted by atomic mass is 32.2. The standard InChI is InChI=1S/C21H25N5O4S/c27-15-21-19(24-31(28,29)18-6-2-1-3-7-18)9-8-17(30-21)10-12-26-14-20(23-25-26)16-5-4-11-22-13-16/h1-7,11,13-14,17,19,21,24,27H,8-10,12,15H2/t17-,19-,21+/m1/s1. The Morgan fingerprint density at radius 3 is 2.74 bits per heavy atom. The first-order chi connectivity index (χ1) is 15.0. The van der Waals surface area contributed by atoms with E-state index in [0.29, 0.717) is 25.8 Å². The third-order valence-corrected chi connectivity index (χ3v) is 6.84.